The number of benzene rings is 2. The summed E-state index contributed by atoms with van der Waals surface area (Å²) in [5.41, 5.74) is 4.46. The van der Waals surface area contributed by atoms with E-state index in [0.29, 0.717) is 0 Å². The fraction of sp³-hybridized carbons (Fsp3) is 0.348. The van der Waals surface area contributed by atoms with Gasteiger partial charge in [0.05, 0.1) is 12.0 Å². The monoisotopic (exact) mass is 350 g/mol. The van der Waals surface area contributed by atoms with Crippen molar-refractivity contribution in [2.75, 3.05) is 13.6 Å². The van der Waals surface area contributed by atoms with Gasteiger partial charge in [-0.15, -0.1) is 6.58 Å². The molecule has 2 aromatic carbocycles. The topological polar surface area (TPSA) is 24.8 Å². The zero-order valence-corrected chi connectivity index (χ0v) is 16.8. The Labute approximate surface area is 158 Å². The minimum absolute atomic E-state index is 0.0976. The van der Waals surface area contributed by atoms with Crippen LogP contribution in [0.4, 0.5) is 5.69 Å². The van der Waals surface area contributed by atoms with E-state index in [1.807, 2.05) is 36.5 Å². The molecule has 138 valence electrons. The molecule has 0 saturated carbocycles. The average Bonchev–Trinajstić information content (AvgIpc) is 2.56. The number of nitrogens with zero attached hydrogens (tertiary/aromatic N) is 2. The lowest BCUT2D eigenvalue weighted by atomic mass is 9.87. The molecular weight excluding hydrogens is 320 g/mol. The normalized spacial score (nSPS) is 11.6. The Morgan fingerprint density at radius 1 is 1.12 bits per heavy atom. The zero-order valence-electron chi connectivity index (χ0n) is 16.8. The van der Waals surface area contributed by atoms with Crippen LogP contribution < -0.4 is 4.74 Å². The summed E-state index contributed by atoms with van der Waals surface area (Å²) in [6, 6.07) is 12.4. The maximum Gasteiger partial charge on any atom is 0.130 e. The summed E-state index contributed by atoms with van der Waals surface area (Å²) in [5, 5.41) is 0. The molecule has 0 radical (unpaired) electrons. The minimum atomic E-state index is 0.0976. The largest absolute Gasteiger partial charge is 0.457 e. The lowest BCUT2D eigenvalue weighted by Gasteiger charge is -2.20. The van der Waals surface area contributed by atoms with E-state index in [0.717, 1.165) is 34.9 Å². The fourth-order valence-electron chi connectivity index (χ4n) is 2.59. The maximum absolute atomic E-state index is 6.17. The Balaban J connectivity index is 2.24. The second-order valence-electron chi connectivity index (χ2n) is 7.76. The van der Waals surface area contributed by atoms with E-state index in [1.54, 1.807) is 0 Å². The Morgan fingerprint density at radius 2 is 1.85 bits per heavy atom. The van der Waals surface area contributed by atoms with Crippen molar-refractivity contribution in [1.82, 2.24) is 4.90 Å². The van der Waals surface area contributed by atoms with Crippen molar-refractivity contribution in [2.45, 2.75) is 40.0 Å². The van der Waals surface area contributed by atoms with Gasteiger partial charge in [-0.2, -0.15) is 0 Å². The van der Waals surface area contributed by atoms with E-state index in [2.05, 4.69) is 70.5 Å². The highest BCUT2D eigenvalue weighted by Gasteiger charge is 2.14. The second kappa shape index (κ2) is 8.22. The van der Waals surface area contributed by atoms with Crippen LogP contribution in [0, 0.1) is 13.8 Å². The van der Waals surface area contributed by atoms with Crippen LogP contribution in [0.1, 0.15) is 37.5 Å². The first-order chi connectivity index (χ1) is 12.2. The van der Waals surface area contributed by atoms with Crippen LogP contribution in [0.3, 0.4) is 0 Å². The smallest absolute Gasteiger partial charge is 0.130 e. The van der Waals surface area contributed by atoms with Gasteiger partial charge in [-0.1, -0.05) is 39.0 Å². The highest BCUT2D eigenvalue weighted by Crippen LogP contribution is 2.33. The molecule has 0 saturated heterocycles. The van der Waals surface area contributed by atoms with Crippen molar-refractivity contribution in [3.63, 3.8) is 0 Å². The summed E-state index contributed by atoms with van der Waals surface area (Å²) < 4.78 is 6.17. The predicted molar refractivity (Wildman–Crippen MR) is 112 cm³/mol. The van der Waals surface area contributed by atoms with E-state index >= 15 is 0 Å². The molecule has 0 aliphatic heterocycles. The van der Waals surface area contributed by atoms with Crippen molar-refractivity contribution < 1.29 is 4.74 Å². The molecule has 0 amide bonds. The molecule has 3 heteroatoms. The zero-order chi connectivity index (χ0) is 19.3. The van der Waals surface area contributed by atoms with Gasteiger partial charge < -0.3 is 9.64 Å². The van der Waals surface area contributed by atoms with Crippen LogP contribution in [-0.2, 0) is 5.41 Å². The van der Waals surface area contributed by atoms with Crippen molar-refractivity contribution in [1.29, 1.82) is 0 Å². The fourth-order valence-corrected chi connectivity index (χ4v) is 2.59. The van der Waals surface area contributed by atoms with Crippen molar-refractivity contribution in [3.05, 3.63) is 65.7 Å². The summed E-state index contributed by atoms with van der Waals surface area (Å²) in [6.07, 6.45) is 3.68. The van der Waals surface area contributed by atoms with Crippen molar-refractivity contribution >= 4 is 12.0 Å². The average molecular weight is 351 g/mol. The van der Waals surface area contributed by atoms with Crippen LogP contribution in [0.15, 0.2) is 54.0 Å². The third-order valence-corrected chi connectivity index (χ3v) is 4.23. The van der Waals surface area contributed by atoms with E-state index < -0.39 is 0 Å². The molecule has 0 aliphatic carbocycles. The number of likely N-dealkylation sites (N-methyl/N-ethyl adjacent to an activating group) is 1. The van der Waals surface area contributed by atoms with Crippen molar-refractivity contribution in [2.24, 2.45) is 4.99 Å². The number of rotatable bonds is 6. The standard InChI is InChI=1S/C23H30N2O/c1-8-12-25(7)16-24-21-13-18(3)22(14-17(21)2)26-20-11-9-10-19(15-20)23(4,5)6/h8-11,13-16H,1,12H2,2-7H3. The summed E-state index contributed by atoms with van der Waals surface area (Å²) in [4.78, 5) is 6.57. The first kappa shape index (κ1) is 19.8. The molecule has 0 bridgehead atoms. The molecule has 26 heavy (non-hydrogen) atoms. The molecule has 0 spiro atoms. The predicted octanol–water partition coefficient (Wildman–Crippen LogP) is 6.17. The molecular formula is C23H30N2O. The van der Waals surface area contributed by atoms with Gasteiger partial charge >= 0.3 is 0 Å². The van der Waals surface area contributed by atoms with Gasteiger partial charge in [0.25, 0.3) is 0 Å². The quantitative estimate of drug-likeness (QED) is 0.353. The number of aryl methyl sites for hydroxylation is 2. The summed E-state index contributed by atoms with van der Waals surface area (Å²) in [7, 11) is 1.98. The van der Waals surface area contributed by atoms with Gasteiger partial charge in [-0.25, -0.2) is 4.99 Å². The third-order valence-electron chi connectivity index (χ3n) is 4.23. The number of hydrogen-bond acceptors (Lipinski definition) is 2. The first-order valence-corrected chi connectivity index (χ1v) is 8.95. The summed E-state index contributed by atoms with van der Waals surface area (Å²) in [6.45, 7) is 15.2. The Kier molecular flexibility index (Phi) is 6.25. The Morgan fingerprint density at radius 3 is 2.50 bits per heavy atom. The maximum atomic E-state index is 6.17. The van der Waals surface area contributed by atoms with E-state index in [1.165, 1.54) is 5.56 Å². The van der Waals surface area contributed by atoms with Crippen LogP contribution in [0.25, 0.3) is 0 Å². The van der Waals surface area contributed by atoms with Crippen LogP contribution in [-0.4, -0.2) is 24.8 Å². The molecule has 2 aromatic rings. The molecule has 0 heterocycles. The van der Waals surface area contributed by atoms with Gasteiger partial charge in [0, 0.05) is 13.6 Å². The minimum Gasteiger partial charge on any atom is -0.457 e. The van der Waals surface area contributed by atoms with Gasteiger partial charge in [0.15, 0.2) is 0 Å². The second-order valence-corrected chi connectivity index (χ2v) is 7.76. The lowest BCUT2D eigenvalue weighted by Crippen LogP contribution is -2.15. The third kappa shape index (κ3) is 5.22. The number of ether oxygens (including phenoxy) is 1. The number of hydrogen-bond donors (Lipinski definition) is 0. The molecule has 0 unspecified atom stereocenters. The van der Waals surface area contributed by atoms with Crippen molar-refractivity contribution in [3.8, 4) is 11.5 Å². The van der Waals surface area contributed by atoms with Gasteiger partial charge in [0.1, 0.15) is 11.5 Å². The highest BCUT2D eigenvalue weighted by atomic mass is 16.5. The van der Waals surface area contributed by atoms with E-state index in [9.17, 15) is 0 Å². The first-order valence-electron chi connectivity index (χ1n) is 8.95. The molecule has 0 atom stereocenters. The summed E-state index contributed by atoms with van der Waals surface area (Å²) >= 11 is 0. The lowest BCUT2D eigenvalue weighted by molar-refractivity contribution is 0.474. The molecule has 3 nitrogen and oxygen atoms in total. The van der Waals surface area contributed by atoms with E-state index in [4.69, 9.17) is 4.74 Å². The Bertz CT molecular complexity index is 800. The molecule has 0 aliphatic rings. The van der Waals surface area contributed by atoms with Gasteiger partial charge in [-0.05, 0) is 60.2 Å². The SMILES string of the molecule is C=CCN(C)C=Nc1cc(C)c(Oc2cccc(C(C)(C)C)c2)cc1C. The molecule has 0 aromatic heterocycles. The van der Waals surface area contributed by atoms with Gasteiger partial charge in [-0.3, -0.25) is 0 Å². The number of aliphatic imine (C=N–C) groups is 1. The Hall–Kier alpha value is -2.55. The highest BCUT2D eigenvalue weighted by molar-refractivity contribution is 5.65. The van der Waals surface area contributed by atoms with Crippen LogP contribution >= 0.6 is 0 Å². The van der Waals surface area contributed by atoms with Crippen LogP contribution in [0.5, 0.6) is 11.5 Å². The summed E-state index contributed by atoms with van der Waals surface area (Å²) in [5.74, 6) is 1.73. The molecule has 0 fully saturated rings. The molecule has 2 rings (SSSR count). The van der Waals surface area contributed by atoms with E-state index in [-0.39, 0.29) is 5.41 Å². The molecule has 0 N–H and O–H groups in total. The van der Waals surface area contributed by atoms with Crippen LogP contribution in [0.2, 0.25) is 0 Å². The van der Waals surface area contributed by atoms with Gasteiger partial charge in [0.2, 0.25) is 0 Å².